The van der Waals surface area contributed by atoms with Gasteiger partial charge in [-0.25, -0.2) is 0 Å². The van der Waals surface area contributed by atoms with Crippen LogP contribution in [0, 0.1) is 12.8 Å². The number of fused-ring (bicyclic) bond motifs is 1. The Morgan fingerprint density at radius 3 is 2.64 bits per heavy atom. The smallest absolute Gasteiger partial charge is 0.307 e. The molecule has 1 saturated heterocycles. The molecule has 1 fully saturated rings. The molecule has 0 bridgehead atoms. The first-order valence-corrected chi connectivity index (χ1v) is 8.53. The van der Waals surface area contributed by atoms with E-state index < -0.39 is 5.97 Å². The summed E-state index contributed by atoms with van der Waals surface area (Å²) in [4.78, 5) is 24.4. The van der Waals surface area contributed by atoms with Crippen LogP contribution in [0.2, 0.25) is 5.02 Å². The minimum Gasteiger partial charge on any atom is -0.495 e. The van der Waals surface area contributed by atoms with E-state index in [1.54, 1.807) is 23.6 Å². The molecule has 0 radical (unpaired) electrons. The van der Waals surface area contributed by atoms with Crippen molar-refractivity contribution in [2.75, 3.05) is 20.3 Å². The molecule has 0 spiro atoms. The number of carboxylic acid groups (broad SMARTS) is 1. The van der Waals surface area contributed by atoms with Gasteiger partial charge in [0, 0.05) is 30.2 Å². The maximum Gasteiger partial charge on any atom is 0.307 e. The van der Waals surface area contributed by atoms with E-state index in [0.717, 1.165) is 0 Å². The summed E-state index contributed by atoms with van der Waals surface area (Å²) in [7, 11) is 1.50. The molecule has 25 heavy (non-hydrogen) atoms. The van der Waals surface area contributed by atoms with E-state index in [1.165, 1.54) is 7.11 Å². The Bertz CT molecular complexity index is 836. The number of carbonyl (C=O) groups excluding carboxylic acids is 1. The molecule has 0 amide bonds. The molecule has 7 heteroatoms. The lowest BCUT2D eigenvalue weighted by molar-refractivity contribution is -0.136. The summed E-state index contributed by atoms with van der Waals surface area (Å²) in [5.74, 6) is -0.693. The zero-order chi connectivity index (χ0) is 18.1. The van der Waals surface area contributed by atoms with Gasteiger partial charge < -0.3 is 14.6 Å². The van der Waals surface area contributed by atoms with E-state index in [2.05, 4.69) is 0 Å². The summed E-state index contributed by atoms with van der Waals surface area (Å²) in [5, 5.41) is 10.2. The van der Waals surface area contributed by atoms with Gasteiger partial charge in [-0.3, -0.25) is 14.2 Å². The molecule has 0 aliphatic carbocycles. The number of rotatable bonds is 4. The average molecular weight is 366 g/mol. The lowest BCUT2D eigenvalue weighted by Gasteiger charge is -2.22. The normalized spacial score (nSPS) is 15.5. The van der Waals surface area contributed by atoms with Crippen molar-refractivity contribution in [3.05, 3.63) is 28.4 Å². The molecule has 0 unspecified atom stereocenters. The van der Waals surface area contributed by atoms with E-state index in [9.17, 15) is 14.7 Å². The monoisotopic (exact) mass is 365 g/mol. The van der Waals surface area contributed by atoms with Gasteiger partial charge in [0.25, 0.3) is 0 Å². The van der Waals surface area contributed by atoms with Gasteiger partial charge in [0.15, 0.2) is 0 Å². The van der Waals surface area contributed by atoms with Gasteiger partial charge in [-0.05, 0) is 37.5 Å². The predicted octanol–water partition coefficient (Wildman–Crippen LogP) is 3.31. The highest BCUT2D eigenvalue weighted by atomic mass is 35.5. The van der Waals surface area contributed by atoms with E-state index in [0.29, 0.717) is 59.0 Å². The summed E-state index contributed by atoms with van der Waals surface area (Å²) in [6, 6.07) is 3.46. The topological polar surface area (TPSA) is 77.8 Å². The van der Waals surface area contributed by atoms with Crippen LogP contribution in [0.3, 0.4) is 0 Å². The zero-order valence-electron chi connectivity index (χ0n) is 14.2. The molecular weight excluding hydrogens is 346 g/mol. The average Bonchev–Trinajstić information content (AvgIpc) is 2.87. The van der Waals surface area contributed by atoms with E-state index in [1.807, 2.05) is 0 Å². The van der Waals surface area contributed by atoms with Crippen molar-refractivity contribution in [3.8, 4) is 5.75 Å². The van der Waals surface area contributed by atoms with Crippen molar-refractivity contribution in [1.82, 2.24) is 4.57 Å². The highest BCUT2D eigenvalue weighted by Gasteiger charge is 2.29. The van der Waals surface area contributed by atoms with E-state index >= 15 is 0 Å². The number of carboxylic acids is 1. The van der Waals surface area contributed by atoms with Gasteiger partial charge in [0.05, 0.1) is 24.1 Å². The fraction of sp³-hybridized carbons (Fsp3) is 0.444. The number of nitrogens with zero attached hydrogens (tertiary/aromatic N) is 1. The minimum atomic E-state index is -0.973. The third kappa shape index (κ3) is 3.12. The van der Waals surface area contributed by atoms with Crippen LogP contribution in [0.15, 0.2) is 12.1 Å². The molecule has 1 aliphatic rings. The second-order valence-corrected chi connectivity index (χ2v) is 6.55. The quantitative estimate of drug-likeness (QED) is 0.899. The first-order chi connectivity index (χ1) is 12.0. The number of halogens is 1. The molecule has 3 rings (SSSR count). The number of hydrogen-bond acceptors (Lipinski definition) is 4. The molecule has 0 atom stereocenters. The largest absolute Gasteiger partial charge is 0.495 e. The lowest BCUT2D eigenvalue weighted by Crippen LogP contribution is -2.28. The second kappa shape index (κ2) is 7.06. The molecule has 1 N–H and O–H groups in total. The lowest BCUT2D eigenvalue weighted by atomic mass is 9.99. The third-order valence-corrected chi connectivity index (χ3v) is 5.11. The SMILES string of the molecule is COc1ccc2c(c1Cl)c(CC(=O)O)c(C)n2C(=O)C1CCOCC1. The molecule has 2 aromatic rings. The van der Waals surface area contributed by atoms with Crippen molar-refractivity contribution in [2.24, 2.45) is 5.92 Å². The van der Waals surface area contributed by atoms with Crippen LogP contribution in [-0.2, 0) is 16.0 Å². The van der Waals surface area contributed by atoms with Crippen LogP contribution in [0.1, 0.15) is 28.9 Å². The van der Waals surface area contributed by atoms with Crippen LogP contribution in [0.5, 0.6) is 5.75 Å². The highest BCUT2D eigenvalue weighted by molar-refractivity contribution is 6.37. The first-order valence-electron chi connectivity index (χ1n) is 8.15. The molecule has 6 nitrogen and oxygen atoms in total. The van der Waals surface area contributed by atoms with Crippen molar-refractivity contribution in [2.45, 2.75) is 26.2 Å². The maximum absolute atomic E-state index is 13.1. The predicted molar refractivity (Wildman–Crippen MR) is 93.7 cm³/mol. The van der Waals surface area contributed by atoms with Gasteiger partial charge in [0.1, 0.15) is 5.75 Å². The van der Waals surface area contributed by atoms with Crippen LogP contribution >= 0.6 is 11.6 Å². The Hall–Kier alpha value is -2.05. The van der Waals surface area contributed by atoms with Crippen molar-refractivity contribution in [3.63, 3.8) is 0 Å². The number of ether oxygens (including phenoxy) is 2. The number of benzene rings is 1. The standard InChI is InChI=1S/C18H20ClNO5/c1-10-12(9-15(21)22)16-13(3-4-14(24-2)17(16)19)20(10)18(23)11-5-7-25-8-6-11/h3-4,11H,5-9H2,1-2H3,(H,21,22). The Balaban J connectivity index is 2.21. The van der Waals surface area contributed by atoms with Gasteiger partial charge in [-0.2, -0.15) is 0 Å². The Morgan fingerprint density at radius 1 is 1.36 bits per heavy atom. The summed E-state index contributed by atoms with van der Waals surface area (Å²) < 4.78 is 12.2. The zero-order valence-corrected chi connectivity index (χ0v) is 14.9. The van der Waals surface area contributed by atoms with Crippen LogP contribution in [0.4, 0.5) is 0 Å². The van der Waals surface area contributed by atoms with Crippen molar-refractivity contribution in [1.29, 1.82) is 0 Å². The number of carbonyl (C=O) groups is 2. The molecule has 134 valence electrons. The Kier molecular flexibility index (Phi) is 5.01. The molecule has 2 heterocycles. The molecule has 0 saturated carbocycles. The fourth-order valence-electron chi connectivity index (χ4n) is 3.45. The summed E-state index contributed by atoms with van der Waals surface area (Å²) in [5.41, 5.74) is 1.78. The third-order valence-electron chi connectivity index (χ3n) is 4.74. The maximum atomic E-state index is 13.1. The molecule has 1 aromatic carbocycles. The minimum absolute atomic E-state index is 0.0383. The van der Waals surface area contributed by atoms with Gasteiger partial charge in [0.2, 0.25) is 5.91 Å². The van der Waals surface area contributed by atoms with E-state index in [4.69, 9.17) is 21.1 Å². The summed E-state index contributed by atoms with van der Waals surface area (Å²) in [6.07, 6.45) is 1.12. The number of aliphatic carboxylic acids is 1. The van der Waals surface area contributed by atoms with Crippen LogP contribution in [-0.4, -0.2) is 41.9 Å². The first kappa shape index (κ1) is 17.8. The van der Waals surface area contributed by atoms with Crippen molar-refractivity contribution >= 4 is 34.4 Å². The molecule has 1 aromatic heterocycles. The highest BCUT2D eigenvalue weighted by Crippen LogP contribution is 2.38. The fourth-order valence-corrected chi connectivity index (χ4v) is 3.80. The number of aromatic nitrogens is 1. The summed E-state index contributed by atoms with van der Waals surface area (Å²) in [6.45, 7) is 2.88. The molecular formula is C18H20ClNO5. The Morgan fingerprint density at radius 2 is 2.04 bits per heavy atom. The van der Waals surface area contributed by atoms with Gasteiger partial charge in [-0.1, -0.05) is 11.6 Å². The Labute approximate surface area is 150 Å². The second-order valence-electron chi connectivity index (χ2n) is 6.17. The molecule has 1 aliphatic heterocycles. The van der Waals surface area contributed by atoms with Crippen LogP contribution in [0.25, 0.3) is 10.9 Å². The van der Waals surface area contributed by atoms with E-state index in [-0.39, 0.29) is 18.2 Å². The number of hydrogen-bond donors (Lipinski definition) is 1. The van der Waals surface area contributed by atoms with Crippen molar-refractivity contribution < 1.29 is 24.2 Å². The number of methoxy groups -OCH3 is 1. The van der Waals surface area contributed by atoms with Crippen LogP contribution < -0.4 is 4.74 Å². The summed E-state index contributed by atoms with van der Waals surface area (Å²) >= 11 is 6.44. The van der Waals surface area contributed by atoms with Gasteiger partial charge in [-0.15, -0.1) is 0 Å². The van der Waals surface area contributed by atoms with Gasteiger partial charge >= 0.3 is 5.97 Å².